The van der Waals surface area contributed by atoms with Gasteiger partial charge in [0.1, 0.15) is 5.82 Å². The third kappa shape index (κ3) is 4.77. The Kier molecular flexibility index (Phi) is 7.68. The van der Waals surface area contributed by atoms with Crippen LogP contribution in [0, 0.1) is 29.5 Å². The molecule has 5 atom stereocenters. The molecule has 1 saturated carbocycles. The van der Waals surface area contributed by atoms with Crippen LogP contribution < -0.4 is 10.6 Å². The van der Waals surface area contributed by atoms with E-state index in [1.54, 1.807) is 0 Å². The number of hydrogen-bond acceptors (Lipinski definition) is 4. The summed E-state index contributed by atoms with van der Waals surface area (Å²) in [6, 6.07) is 5.65. The molecule has 0 aromatic heterocycles. The maximum Gasteiger partial charge on any atom is 0.233 e. The largest absolute Gasteiger partial charge is 0.386 e. The molecule has 1 aliphatic heterocycles. The lowest BCUT2D eigenvalue weighted by Gasteiger charge is -2.19. The Hall–Kier alpha value is -2.01. The summed E-state index contributed by atoms with van der Waals surface area (Å²) >= 11 is 0. The predicted octanol–water partition coefficient (Wildman–Crippen LogP) is 1.84. The first-order valence-electron chi connectivity index (χ1n) is 10.5. The molecule has 1 aromatic rings. The zero-order chi connectivity index (χ0) is 21.3. The average molecular weight is 542 g/mol. The molecular weight excluding hydrogens is 514 g/mol. The molecule has 2 amide bonds. The third-order valence-electron chi connectivity index (χ3n) is 6.21. The third-order valence-corrected chi connectivity index (χ3v) is 6.21. The first-order chi connectivity index (χ1) is 14.5. The van der Waals surface area contributed by atoms with E-state index in [4.69, 9.17) is 0 Å². The molecule has 168 valence electrons. The number of nitrogens with zero attached hydrogens (tertiary/aromatic N) is 2. The second-order valence-electron chi connectivity index (χ2n) is 8.04. The lowest BCUT2D eigenvalue weighted by atomic mass is 9.85. The molecule has 7 nitrogen and oxygen atoms in total. The van der Waals surface area contributed by atoms with Crippen molar-refractivity contribution in [3.05, 3.63) is 47.8 Å². The molecule has 0 radical (unpaired) electrons. The van der Waals surface area contributed by atoms with E-state index in [1.165, 1.54) is 29.2 Å². The maximum atomic E-state index is 13.0. The predicted molar refractivity (Wildman–Crippen MR) is 125 cm³/mol. The molecule has 3 aliphatic rings. The van der Waals surface area contributed by atoms with E-state index in [9.17, 15) is 19.1 Å². The quantitative estimate of drug-likeness (QED) is 0.161. The Morgan fingerprint density at radius 2 is 1.77 bits per heavy atom. The van der Waals surface area contributed by atoms with Crippen LogP contribution in [-0.4, -0.2) is 54.0 Å². The van der Waals surface area contributed by atoms with Gasteiger partial charge in [0.2, 0.25) is 11.8 Å². The number of aliphatic hydroxyl groups is 1. The number of carbonyl (C=O) groups is 2. The highest BCUT2D eigenvalue weighted by molar-refractivity contribution is 14.0. The second kappa shape index (κ2) is 10.1. The van der Waals surface area contributed by atoms with E-state index in [0.717, 1.165) is 6.42 Å². The Balaban J connectivity index is 0.00000272. The van der Waals surface area contributed by atoms with Crippen molar-refractivity contribution < 1.29 is 19.1 Å². The molecule has 2 aliphatic carbocycles. The Labute approximate surface area is 198 Å². The fraction of sp³-hybridized carbons (Fsp3) is 0.500. The van der Waals surface area contributed by atoms with Crippen LogP contribution in [0.3, 0.4) is 0 Å². The van der Waals surface area contributed by atoms with Crippen LogP contribution in [0.1, 0.15) is 25.0 Å². The van der Waals surface area contributed by atoms with Gasteiger partial charge in [-0.2, -0.15) is 0 Å². The van der Waals surface area contributed by atoms with Gasteiger partial charge in [-0.05, 0) is 42.9 Å². The number of rotatable bonds is 7. The minimum Gasteiger partial charge on any atom is -0.386 e. The number of allylic oxidation sites excluding steroid dienone is 2. The monoisotopic (exact) mass is 542 g/mol. The van der Waals surface area contributed by atoms with Crippen LogP contribution in [0.4, 0.5) is 4.39 Å². The zero-order valence-corrected chi connectivity index (χ0v) is 19.7. The van der Waals surface area contributed by atoms with Gasteiger partial charge in [0, 0.05) is 19.6 Å². The van der Waals surface area contributed by atoms with Crippen LogP contribution in [0.25, 0.3) is 0 Å². The van der Waals surface area contributed by atoms with Gasteiger partial charge in [-0.15, -0.1) is 24.0 Å². The average Bonchev–Trinajstić information content (AvgIpc) is 3.42. The molecular formula is C22H28FIN4O3. The van der Waals surface area contributed by atoms with E-state index in [-0.39, 0.29) is 78.4 Å². The summed E-state index contributed by atoms with van der Waals surface area (Å²) in [6.07, 6.45) is 4.24. The number of nitrogens with one attached hydrogen (secondary N) is 2. The number of likely N-dealkylation sites (tertiary alicyclic amines) is 1. The molecule has 2 bridgehead atoms. The van der Waals surface area contributed by atoms with Crippen LogP contribution in [0.2, 0.25) is 0 Å². The van der Waals surface area contributed by atoms with Crippen molar-refractivity contribution in [2.45, 2.75) is 19.4 Å². The molecule has 3 N–H and O–H groups in total. The SMILES string of the molecule is CCNC(=NCC(O)c1ccc(F)cc1)NCCN1C(=O)C2C3C=CC(C3)C2C1=O.I. The lowest BCUT2D eigenvalue weighted by molar-refractivity contribution is -0.140. The van der Waals surface area contributed by atoms with Crippen molar-refractivity contribution in [2.24, 2.45) is 28.7 Å². The maximum absolute atomic E-state index is 13.0. The number of amides is 2. The van der Waals surface area contributed by atoms with Gasteiger partial charge < -0.3 is 15.7 Å². The molecule has 4 rings (SSSR count). The van der Waals surface area contributed by atoms with Crippen LogP contribution in [-0.2, 0) is 9.59 Å². The van der Waals surface area contributed by atoms with Crippen molar-refractivity contribution in [1.29, 1.82) is 0 Å². The molecule has 0 spiro atoms. The number of benzene rings is 1. The summed E-state index contributed by atoms with van der Waals surface area (Å²) < 4.78 is 13.0. The normalized spacial score (nSPS) is 27.3. The lowest BCUT2D eigenvalue weighted by Crippen LogP contribution is -2.43. The highest BCUT2D eigenvalue weighted by Gasteiger charge is 2.58. The Morgan fingerprint density at radius 1 is 1.16 bits per heavy atom. The number of carbonyl (C=O) groups excluding carboxylic acids is 2. The molecule has 1 heterocycles. The number of aliphatic hydroxyl groups excluding tert-OH is 1. The first kappa shape index (κ1) is 23.6. The van der Waals surface area contributed by atoms with Crippen LogP contribution in [0.5, 0.6) is 0 Å². The van der Waals surface area contributed by atoms with E-state index >= 15 is 0 Å². The van der Waals surface area contributed by atoms with Crippen molar-refractivity contribution in [3.8, 4) is 0 Å². The topological polar surface area (TPSA) is 94.0 Å². The zero-order valence-electron chi connectivity index (χ0n) is 17.3. The highest BCUT2D eigenvalue weighted by Crippen LogP contribution is 2.52. The number of imide groups is 1. The molecule has 1 aromatic carbocycles. The number of guanidine groups is 1. The Bertz CT molecular complexity index is 846. The van der Waals surface area contributed by atoms with Gasteiger partial charge in [-0.1, -0.05) is 24.3 Å². The minimum atomic E-state index is -0.856. The number of aliphatic imine (C=N–C) groups is 1. The molecule has 5 unspecified atom stereocenters. The summed E-state index contributed by atoms with van der Waals surface area (Å²) in [5.74, 6) is 0.0701. The fourth-order valence-electron chi connectivity index (χ4n) is 4.78. The van der Waals surface area contributed by atoms with Gasteiger partial charge in [-0.3, -0.25) is 19.5 Å². The van der Waals surface area contributed by atoms with Crippen LogP contribution in [0.15, 0.2) is 41.4 Å². The summed E-state index contributed by atoms with van der Waals surface area (Å²) in [6.45, 7) is 3.30. The van der Waals surface area contributed by atoms with E-state index in [2.05, 4.69) is 27.8 Å². The second-order valence-corrected chi connectivity index (χ2v) is 8.04. The smallest absolute Gasteiger partial charge is 0.233 e. The van der Waals surface area contributed by atoms with Gasteiger partial charge in [0.15, 0.2) is 5.96 Å². The van der Waals surface area contributed by atoms with Gasteiger partial charge in [0.25, 0.3) is 0 Å². The molecule has 9 heteroatoms. The van der Waals surface area contributed by atoms with Gasteiger partial charge >= 0.3 is 0 Å². The number of fused-ring (bicyclic) bond motifs is 5. The van der Waals surface area contributed by atoms with E-state index in [1.807, 2.05) is 6.92 Å². The van der Waals surface area contributed by atoms with Crippen molar-refractivity contribution in [3.63, 3.8) is 0 Å². The van der Waals surface area contributed by atoms with Gasteiger partial charge in [0.05, 0.1) is 24.5 Å². The highest BCUT2D eigenvalue weighted by atomic mass is 127. The minimum absolute atomic E-state index is 0. The molecule has 31 heavy (non-hydrogen) atoms. The number of hydrogen-bond donors (Lipinski definition) is 3. The van der Waals surface area contributed by atoms with E-state index < -0.39 is 6.10 Å². The first-order valence-corrected chi connectivity index (χ1v) is 10.5. The standard InChI is InChI=1S/C22H27FN4O3.HI/c1-2-24-22(26-12-17(28)13-5-7-16(23)8-6-13)25-9-10-27-20(29)18-14-3-4-15(11-14)19(18)21(27)30;/h3-8,14-15,17-19,28H,2,9-12H2,1H3,(H2,24,25,26);1H. The fourth-order valence-corrected chi connectivity index (χ4v) is 4.78. The van der Waals surface area contributed by atoms with E-state index in [0.29, 0.717) is 24.6 Å². The van der Waals surface area contributed by atoms with Gasteiger partial charge in [-0.25, -0.2) is 4.39 Å². The van der Waals surface area contributed by atoms with Crippen LogP contribution >= 0.6 is 24.0 Å². The number of halogens is 2. The summed E-state index contributed by atoms with van der Waals surface area (Å²) in [4.78, 5) is 31.2. The molecule has 2 fully saturated rings. The summed E-state index contributed by atoms with van der Waals surface area (Å²) in [7, 11) is 0. The van der Waals surface area contributed by atoms with Crippen molar-refractivity contribution >= 4 is 41.8 Å². The van der Waals surface area contributed by atoms with Crippen molar-refractivity contribution in [2.75, 3.05) is 26.2 Å². The Morgan fingerprint density at radius 3 is 2.35 bits per heavy atom. The van der Waals surface area contributed by atoms with Crippen molar-refractivity contribution in [1.82, 2.24) is 15.5 Å². The summed E-state index contributed by atoms with van der Waals surface area (Å²) in [5, 5.41) is 16.4. The molecule has 1 saturated heterocycles. The summed E-state index contributed by atoms with van der Waals surface area (Å²) in [5.41, 5.74) is 0.582.